The van der Waals surface area contributed by atoms with Crippen molar-refractivity contribution in [3.63, 3.8) is 0 Å². The third-order valence-electron chi connectivity index (χ3n) is 5.00. The Balaban J connectivity index is 1.53. The summed E-state index contributed by atoms with van der Waals surface area (Å²) < 4.78 is 1.02. The number of likely N-dealkylation sites (N-methyl/N-ethyl adjacent to an activating group) is 1. The summed E-state index contributed by atoms with van der Waals surface area (Å²) in [4.78, 5) is 54.0. The molecule has 2 aliphatic heterocycles. The van der Waals surface area contributed by atoms with E-state index in [0.717, 1.165) is 4.68 Å². The molecule has 0 N–H and O–H groups in total. The van der Waals surface area contributed by atoms with Crippen LogP contribution in [0.1, 0.15) is 0 Å². The molecule has 2 aliphatic rings. The van der Waals surface area contributed by atoms with Gasteiger partial charge in [-0.1, -0.05) is 17.3 Å². The Labute approximate surface area is 153 Å². The summed E-state index contributed by atoms with van der Waals surface area (Å²) in [5, 5.41) is 8.18. The van der Waals surface area contributed by atoms with Crippen molar-refractivity contribution in [3.8, 4) is 0 Å². The predicted molar refractivity (Wildman–Crippen MR) is 93.5 cm³/mol. The van der Waals surface area contributed by atoms with E-state index in [2.05, 4.69) is 10.3 Å². The second-order valence-corrected chi connectivity index (χ2v) is 6.71. The fourth-order valence-corrected chi connectivity index (χ4v) is 3.50. The molecule has 1 aromatic heterocycles. The van der Waals surface area contributed by atoms with Crippen molar-refractivity contribution < 1.29 is 14.4 Å². The van der Waals surface area contributed by atoms with Crippen LogP contribution in [0.3, 0.4) is 0 Å². The molecule has 2 saturated heterocycles. The van der Waals surface area contributed by atoms with Crippen LogP contribution in [0.5, 0.6) is 0 Å². The molecule has 4 rings (SSSR count). The SMILES string of the molecule is CN1CC(=O)N2CCN(C(=O)Cn3nnc4ccccc4c3=O)C[C@@H]2C1=O. The molecule has 10 heteroatoms. The van der Waals surface area contributed by atoms with Gasteiger partial charge in [-0.2, -0.15) is 0 Å². The number of hydrogen-bond acceptors (Lipinski definition) is 6. The van der Waals surface area contributed by atoms with E-state index >= 15 is 0 Å². The van der Waals surface area contributed by atoms with E-state index in [0.29, 0.717) is 24.0 Å². The van der Waals surface area contributed by atoms with Crippen molar-refractivity contribution in [1.29, 1.82) is 0 Å². The number of carbonyl (C=O) groups excluding carboxylic acids is 3. The Morgan fingerprint density at radius 3 is 2.78 bits per heavy atom. The zero-order valence-corrected chi connectivity index (χ0v) is 14.7. The molecule has 1 aromatic carbocycles. The van der Waals surface area contributed by atoms with Crippen LogP contribution in [0.4, 0.5) is 0 Å². The van der Waals surface area contributed by atoms with Gasteiger partial charge in [0.15, 0.2) is 0 Å². The lowest BCUT2D eigenvalue weighted by atomic mass is 10.1. The average molecular weight is 370 g/mol. The van der Waals surface area contributed by atoms with E-state index in [4.69, 9.17) is 0 Å². The van der Waals surface area contributed by atoms with Crippen LogP contribution in [-0.2, 0) is 20.9 Å². The zero-order valence-electron chi connectivity index (χ0n) is 14.7. The fraction of sp³-hybridized carbons (Fsp3) is 0.412. The smallest absolute Gasteiger partial charge is 0.278 e. The Morgan fingerprint density at radius 2 is 1.96 bits per heavy atom. The molecule has 3 amide bonds. The van der Waals surface area contributed by atoms with E-state index in [1.165, 1.54) is 14.7 Å². The minimum absolute atomic E-state index is 0.0609. The summed E-state index contributed by atoms with van der Waals surface area (Å²) >= 11 is 0. The molecule has 0 radical (unpaired) electrons. The van der Waals surface area contributed by atoms with Gasteiger partial charge in [0.05, 0.1) is 18.5 Å². The van der Waals surface area contributed by atoms with Crippen molar-refractivity contribution in [2.45, 2.75) is 12.6 Å². The molecule has 140 valence electrons. The highest BCUT2D eigenvalue weighted by Gasteiger charge is 2.42. The van der Waals surface area contributed by atoms with E-state index in [-0.39, 0.29) is 37.4 Å². The van der Waals surface area contributed by atoms with Gasteiger partial charge in [-0.15, -0.1) is 5.10 Å². The normalized spacial score (nSPS) is 20.2. The zero-order chi connectivity index (χ0) is 19.1. The first-order chi connectivity index (χ1) is 13.0. The van der Waals surface area contributed by atoms with Crippen LogP contribution < -0.4 is 5.56 Å². The highest BCUT2D eigenvalue weighted by molar-refractivity contribution is 5.95. The van der Waals surface area contributed by atoms with Gasteiger partial charge in [-0.05, 0) is 12.1 Å². The highest BCUT2D eigenvalue weighted by atomic mass is 16.2. The Kier molecular flexibility index (Phi) is 4.09. The number of nitrogens with zero attached hydrogens (tertiary/aromatic N) is 6. The highest BCUT2D eigenvalue weighted by Crippen LogP contribution is 2.17. The van der Waals surface area contributed by atoms with Crippen molar-refractivity contribution in [1.82, 2.24) is 29.7 Å². The van der Waals surface area contributed by atoms with Crippen molar-refractivity contribution in [2.24, 2.45) is 0 Å². The Morgan fingerprint density at radius 1 is 1.19 bits per heavy atom. The van der Waals surface area contributed by atoms with Crippen molar-refractivity contribution in [3.05, 3.63) is 34.6 Å². The van der Waals surface area contributed by atoms with Gasteiger partial charge >= 0.3 is 0 Å². The van der Waals surface area contributed by atoms with Crippen LogP contribution >= 0.6 is 0 Å². The molecule has 10 nitrogen and oxygen atoms in total. The maximum Gasteiger partial charge on any atom is 0.278 e. The van der Waals surface area contributed by atoms with Gasteiger partial charge in [0, 0.05) is 20.1 Å². The van der Waals surface area contributed by atoms with Crippen LogP contribution in [0.25, 0.3) is 10.9 Å². The Bertz CT molecular complexity index is 1000. The molecule has 2 fully saturated rings. The minimum Gasteiger partial charge on any atom is -0.337 e. The number of aromatic nitrogens is 3. The molecule has 1 atom stereocenters. The number of rotatable bonds is 2. The number of hydrogen-bond donors (Lipinski definition) is 0. The quantitative estimate of drug-likeness (QED) is 0.624. The third kappa shape index (κ3) is 2.92. The molecular formula is C17H18N6O4. The van der Waals surface area contributed by atoms with Crippen LogP contribution in [0.2, 0.25) is 0 Å². The van der Waals surface area contributed by atoms with Crippen LogP contribution in [0.15, 0.2) is 29.1 Å². The number of benzene rings is 1. The third-order valence-corrected chi connectivity index (χ3v) is 5.00. The molecule has 0 saturated carbocycles. The monoisotopic (exact) mass is 370 g/mol. The van der Waals surface area contributed by atoms with E-state index in [1.807, 2.05) is 0 Å². The number of amides is 3. The topological polar surface area (TPSA) is 109 Å². The summed E-state index contributed by atoms with van der Waals surface area (Å²) in [5.74, 6) is -0.643. The standard InChI is InChI=1S/C17H18N6O4/c1-20-9-15(25)22-7-6-21(8-13(22)17(20)27)14(24)10-23-16(26)11-4-2-3-5-12(11)18-19-23/h2-5,13H,6-10H2,1H3/t13-/m1/s1. The molecule has 2 aromatic rings. The molecular weight excluding hydrogens is 352 g/mol. The maximum absolute atomic E-state index is 12.7. The molecule has 0 unspecified atom stereocenters. The summed E-state index contributed by atoms with van der Waals surface area (Å²) in [6.07, 6.45) is 0. The van der Waals surface area contributed by atoms with Gasteiger partial charge in [-0.25, -0.2) is 4.68 Å². The fourth-order valence-electron chi connectivity index (χ4n) is 3.50. The summed E-state index contributed by atoms with van der Waals surface area (Å²) in [6, 6.07) is 6.11. The first kappa shape index (κ1) is 17.1. The second-order valence-electron chi connectivity index (χ2n) is 6.71. The summed E-state index contributed by atoms with van der Waals surface area (Å²) in [6.45, 7) is 0.525. The van der Waals surface area contributed by atoms with Crippen molar-refractivity contribution in [2.75, 3.05) is 33.2 Å². The van der Waals surface area contributed by atoms with Gasteiger partial charge in [0.2, 0.25) is 17.7 Å². The second kappa shape index (κ2) is 6.45. The number of piperazine rings is 2. The number of carbonyl (C=O) groups is 3. The molecule has 0 aliphatic carbocycles. The van der Waals surface area contributed by atoms with Gasteiger partial charge in [-0.3, -0.25) is 19.2 Å². The maximum atomic E-state index is 12.7. The lowest BCUT2D eigenvalue weighted by molar-refractivity contribution is -0.160. The molecule has 3 heterocycles. The average Bonchev–Trinajstić information content (AvgIpc) is 2.68. The summed E-state index contributed by atoms with van der Waals surface area (Å²) in [5.41, 5.74) is 0.0744. The molecule has 0 bridgehead atoms. The van der Waals surface area contributed by atoms with E-state index in [9.17, 15) is 19.2 Å². The number of fused-ring (bicyclic) bond motifs is 2. The minimum atomic E-state index is -0.673. The lowest BCUT2D eigenvalue weighted by Gasteiger charge is -2.45. The summed E-state index contributed by atoms with van der Waals surface area (Å²) in [7, 11) is 1.57. The van der Waals surface area contributed by atoms with Gasteiger partial charge < -0.3 is 14.7 Å². The van der Waals surface area contributed by atoms with Gasteiger partial charge in [0.1, 0.15) is 18.1 Å². The first-order valence-corrected chi connectivity index (χ1v) is 8.60. The molecule has 27 heavy (non-hydrogen) atoms. The van der Waals surface area contributed by atoms with E-state index in [1.54, 1.807) is 31.3 Å². The van der Waals surface area contributed by atoms with Crippen molar-refractivity contribution >= 4 is 28.6 Å². The molecule has 0 spiro atoms. The van der Waals surface area contributed by atoms with Crippen LogP contribution in [0, 0.1) is 0 Å². The van der Waals surface area contributed by atoms with E-state index < -0.39 is 11.6 Å². The predicted octanol–water partition coefficient (Wildman–Crippen LogP) is -1.70. The van der Waals surface area contributed by atoms with Crippen LogP contribution in [-0.4, -0.2) is 86.7 Å². The Hall–Kier alpha value is -3.30. The lowest BCUT2D eigenvalue weighted by Crippen LogP contribution is -2.66. The van der Waals surface area contributed by atoms with Gasteiger partial charge in [0.25, 0.3) is 5.56 Å². The first-order valence-electron chi connectivity index (χ1n) is 8.60. The largest absolute Gasteiger partial charge is 0.337 e.